The molecule has 3 aromatic carbocycles. The maximum absolute atomic E-state index is 13.4. The Morgan fingerprint density at radius 1 is 0.806 bits per heavy atom. The van der Waals surface area contributed by atoms with E-state index in [1.165, 1.54) is 18.4 Å². The first-order chi connectivity index (χ1) is 17.6. The molecule has 1 aromatic heterocycles. The van der Waals surface area contributed by atoms with E-state index in [0.29, 0.717) is 18.7 Å². The largest absolute Gasteiger partial charge is 0.478 e. The maximum atomic E-state index is 13.4. The summed E-state index contributed by atoms with van der Waals surface area (Å²) in [5.41, 5.74) is 5.16. The second-order valence-corrected chi connectivity index (χ2v) is 9.28. The minimum absolute atomic E-state index is 0.0247. The average Bonchev–Trinajstić information content (AvgIpc) is 3.20. The van der Waals surface area contributed by atoms with Crippen molar-refractivity contribution in [1.82, 2.24) is 9.13 Å². The van der Waals surface area contributed by atoms with Gasteiger partial charge in [-0.1, -0.05) is 99.0 Å². The monoisotopic (exact) mass is 482 g/mol. The molecule has 1 N–H and O–H groups in total. The van der Waals surface area contributed by atoms with Gasteiger partial charge in [0.05, 0.1) is 12.1 Å². The summed E-state index contributed by atoms with van der Waals surface area (Å²) >= 11 is 0. The number of carboxylic acids is 1. The Kier molecular flexibility index (Phi) is 8.56. The Morgan fingerprint density at radius 2 is 1.53 bits per heavy atom. The first-order valence-corrected chi connectivity index (χ1v) is 12.8. The molecule has 0 aliphatic rings. The lowest BCUT2D eigenvalue weighted by atomic mass is 9.99. The number of rotatable bonds is 12. The molecule has 0 saturated carbocycles. The van der Waals surface area contributed by atoms with Crippen LogP contribution >= 0.6 is 0 Å². The standard InChI is InChI=1S/C31H34N2O3/c1-2-3-4-8-13-27-23-32(21-20-24-11-6-5-7-12-24)31(36)33(27)22-25-16-18-26(19-17-25)28-14-9-10-15-29(28)30(34)35/h5-7,9-12,14-19,23H,2-4,8,13,20-22H2,1H3,(H,34,35). The zero-order valence-electron chi connectivity index (χ0n) is 20.9. The summed E-state index contributed by atoms with van der Waals surface area (Å²) in [5.74, 6) is -0.939. The molecule has 0 aliphatic carbocycles. The first-order valence-electron chi connectivity index (χ1n) is 12.8. The number of carbonyl (C=O) groups is 1. The third kappa shape index (κ3) is 6.22. The van der Waals surface area contributed by atoms with Gasteiger partial charge < -0.3 is 5.11 Å². The second-order valence-electron chi connectivity index (χ2n) is 9.28. The summed E-state index contributed by atoms with van der Waals surface area (Å²) in [6, 6.07) is 25.1. The van der Waals surface area contributed by atoms with Gasteiger partial charge in [-0.2, -0.15) is 0 Å². The normalized spacial score (nSPS) is 11.0. The Balaban J connectivity index is 1.56. The van der Waals surface area contributed by atoms with Crippen molar-refractivity contribution in [3.63, 3.8) is 0 Å². The van der Waals surface area contributed by atoms with Crippen molar-refractivity contribution in [3.05, 3.63) is 118 Å². The van der Waals surface area contributed by atoms with Gasteiger partial charge in [-0.25, -0.2) is 9.59 Å². The van der Waals surface area contributed by atoms with Gasteiger partial charge in [0.15, 0.2) is 0 Å². The molecule has 4 aromatic rings. The molecule has 0 bridgehead atoms. The van der Waals surface area contributed by atoms with Gasteiger partial charge in [-0.15, -0.1) is 0 Å². The number of hydrogen-bond donors (Lipinski definition) is 1. The van der Waals surface area contributed by atoms with Crippen LogP contribution in [0.1, 0.15) is 59.8 Å². The van der Waals surface area contributed by atoms with Crippen molar-refractivity contribution in [3.8, 4) is 11.1 Å². The Hall–Kier alpha value is -3.86. The van der Waals surface area contributed by atoms with Crippen LogP contribution in [0.3, 0.4) is 0 Å². The van der Waals surface area contributed by atoms with Gasteiger partial charge in [0, 0.05) is 18.4 Å². The van der Waals surface area contributed by atoms with Crippen molar-refractivity contribution in [2.24, 2.45) is 0 Å². The van der Waals surface area contributed by atoms with Crippen LogP contribution in [0.4, 0.5) is 0 Å². The summed E-state index contributed by atoms with van der Waals surface area (Å²) in [5, 5.41) is 9.52. The van der Waals surface area contributed by atoms with Crippen LogP contribution in [-0.4, -0.2) is 20.2 Å². The molecule has 0 radical (unpaired) electrons. The lowest BCUT2D eigenvalue weighted by Crippen LogP contribution is -2.26. The highest BCUT2D eigenvalue weighted by molar-refractivity contribution is 5.95. The highest BCUT2D eigenvalue weighted by Crippen LogP contribution is 2.24. The van der Waals surface area contributed by atoms with Crippen LogP contribution in [0.2, 0.25) is 0 Å². The number of hydrogen-bond acceptors (Lipinski definition) is 2. The van der Waals surface area contributed by atoms with Gasteiger partial charge in [0.1, 0.15) is 0 Å². The van der Waals surface area contributed by atoms with E-state index in [9.17, 15) is 14.7 Å². The fourth-order valence-corrected chi connectivity index (χ4v) is 4.63. The molecule has 4 rings (SSSR count). The summed E-state index contributed by atoms with van der Waals surface area (Å²) in [4.78, 5) is 25.0. The van der Waals surface area contributed by atoms with Crippen LogP contribution in [-0.2, 0) is 25.9 Å². The van der Waals surface area contributed by atoms with Crippen LogP contribution in [0.5, 0.6) is 0 Å². The van der Waals surface area contributed by atoms with E-state index in [1.807, 2.05) is 69.9 Å². The number of benzene rings is 3. The zero-order chi connectivity index (χ0) is 25.3. The molecule has 0 atom stereocenters. The van der Waals surface area contributed by atoms with E-state index in [4.69, 9.17) is 0 Å². The second kappa shape index (κ2) is 12.2. The van der Waals surface area contributed by atoms with Crippen molar-refractivity contribution in [1.29, 1.82) is 0 Å². The van der Waals surface area contributed by atoms with E-state index in [2.05, 4.69) is 19.1 Å². The number of aromatic carboxylic acids is 1. The quantitative estimate of drug-likeness (QED) is 0.237. The number of imidazole rings is 1. The molecule has 36 heavy (non-hydrogen) atoms. The fourth-order valence-electron chi connectivity index (χ4n) is 4.63. The molecular weight excluding hydrogens is 448 g/mol. The number of nitrogens with zero attached hydrogens (tertiary/aromatic N) is 2. The van der Waals surface area contributed by atoms with Gasteiger partial charge in [0.25, 0.3) is 0 Å². The van der Waals surface area contributed by atoms with Crippen LogP contribution in [0, 0.1) is 0 Å². The van der Waals surface area contributed by atoms with Gasteiger partial charge >= 0.3 is 11.7 Å². The topological polar surface area (TPSA) is 64.2 Å². The van der Waals surface area contributed by atoms with E-state index in [1.54, 1.807) is 12.1 Å². The molecule has 1 heterocycles. The summed E-state index contributed by atoms with van der Waals surface area (Å²) < 4.78 is 3.75. The lowest BCUT2D eigenvalue weighted by Gasteiger charge is -2.10. The third-order valence-corrected chi connectivity index (χ3v) is 6.66. The van der Waals surface area contributed by atoms with Crippen molar-refractivity contribution < 1.29 is 9.90 Å². The molecule has 0 amide bonds. The fraction of sp³-hybridized carbons (Fsp3) is 0.290. The zero-order valence-corrected chi connectivity index (χ0v) is 20.9. The highest BCUT2D eigenvalue weighted by Gasteiger charge is 2.14. The smallest absolute Gasteiger partial charge is 0.336 e. The van der Waals surface area contributed by atoms with Gasteiger partial charge in [-0.05, 0) is 47.6 Å². The molecule has 0 unspecified atom stereocenters. The molecule has 0 aliphatic heterocycles. The van der Waals surface area contributed by atoms with Crippen LogP contribution in [0.25, 0.3) is 11.1 Å². The Morgan fingerprint density at radius 3 is 2.25 bits per heavy atom. The number of carboxylic acid groups (broad SMARTS) is 1. The van der Waals surface area contributed by atoms with Gasteiger partial charge in [0.2, 0.25) is 0 Å². The molecular formula is C31H34N2O3. The van der Waals surface area contributed by atoms with Crippen molar-refractivity contribution in [2.75, 3.05) is 0 Å². The number of aromatic nitrogens is 2. The Labute approximate surface area is 212 Å². The van der Waals surface area contributed by atoms with E-state index in [-0.39, 0.29) is 11.3 Å². The SMILES string of the molecule is CCCCCCc1cn(CCc2ccccc2)c(=O)n1Cc1ccc(-c2ccccc2C(=O)O)cc1. The van der Waals surface area contributed by atoms with E-state index >= 15 is 0 Å². The predicted octanol–water partition coefficient (Wildman–Crippen LogP) is 6.43. The van der Waals surface area contributed by atoms with Crippen LogP contribution in [0.15, 0.2) is 89.9 Å². The highest BCUT2D eigenvalue weighted by atomic mass is 16.4. The average molecular weight is 483 g/mol. The van der Waals surface area contributed by atoms with Crippen molar-refractivity contribution >= 4 is 5.97 Å². The molecule has 5 nitrogen and oxygen atoms in total. The summed E-state index contributed by atoms with van der Waals surface area (Å²) in [7, 11) is 0. The minimum atomic E-state index is -0.939. The molecule has 0 saturated heterocycles. The van der Waals surface area contributed by atoms with Crippen molar-refractivity contribution in [2.45, 2.75) is 58.5 Å². The maximum Gasteiger partial charge on any atom is 0.336 e. The molecule has 5 heteroatoms. The van der Waals surface area contributed by atoms with E-state index in [0.717, 1.165) is 42.5 Å². The summed E-state index contributed by atoms with van der Waals surface area (Å²) in [6.45, 7) is 3.36. The first kappa shape index (κ1) is 25.2. The van der Waals surface area contributed by atoms with Crippen LogP contribution < -0.4 is 5.69 Å². The third-order valence-electron chi connectivity index (χ3n) is 6.66. The van der Waals surface area contributed by atoms with E-state index < -0.39 is 5.97 Å². The van der Waals surface area contributed by atoms with Gasteiger partial charge in [-0.3, -0.25) is 9.13 Å². The lowest BCUT2D eigenvalue weighted by molar-refractivity contribution is 0.0697. The summed E-state index contributed by atoms with van der Waals surface area (Å²) in [6.07, 6.45) is 8.36. The molecule has 186 valence electrons. The Bertz CT molecular complexity index is 1330. The predicted molar refractivity (Wildman–Crippen MR) is 145 cm³/mol. The molecule has 0 spiro atoms. The minimum Gasteiger partial charge on any atom is -0.478 e. The number of aryl methyl sites for hydroxylation is 3. The molecule has 0 fully saturated rings. The number of unbranched alkanes of at least 4 members (excludes halogenated alkanes) is 3.